The summed E-state index contributed by atoms with van der Waals surface area (Å²) in [6.07, 6.45) is 29.7. The van der Waals surface area contributed by atoms with Gasteiger partial charge in [0.15, 0.2) is 0 Å². The minimum absolute atomic E-state index is 0.342. The summed E-state index contributed by atoms with van der Waals surface area (Å²) in [5.41, 5.74) is 3.79. The van der Waals surface area contributed by atoms with Gasteiger partial charge in [0.05, 0.1) is 5.92 Å². The fourth-order valence-electron chi connectivity index (χ4n) is 6.35. The van der Waals surface area contributed by atoms with Gasteiger partial charge in [-0.2, -0.15) is 0 Å². The maximum absolute atomic E-state index is 12.2. The first-order valence-electron chi connectivity index (χ1n) is 16.7. The lowest BCUT2D eigenvalue weighted by Gasteiger charge is -2.29. The molecule has 218 valence electrons. The molecule has 0 aromatic heterocycles. The van der Waals surface area contributed by atoms with Crippen molar-refractivity contribution in [2.75, 3.05) is 6.54 Å². The number of carboxylic acid groups (broad SMARTS) is 1. The van der Waals surface area contributed by atoms with Crippen LogP contribution in [0.2, 0.25) is 0 Å². The lowest BCUT2D eigenvalue weighted by atomic mass is 9.80. The molecule has 1 aliphatic rings. The molecule has 2 rings (SSSR count). The van der Waals surface area contributed by atoms with Gasteiger partial charge in [0, 0.05) is 6.04 Å². The van der Waals surface area contributed by atoms with E-state index in [9.17, 15) is 9.90 Å². The molecule has 0 saturated heterocycles. The first-order chi connectivity index (χ1) is 18.7. The summed E-state index contributed by atoms with van der Waals surface area (Å²) < 4.78 is 0. The molecule has 0 aliphatic heterocycles. The topological polar surface area (TPSA) is 49.3 Å². The van der Waals surface area contributed by atoms with Gasteiger partial charge < -0.3 is 10.4 Å². The standard InChI is InChI=1S/C35H61NO2/c1-3-5-6-7-8-9-10-11-12-13-14-15-16-17-18-19-20-21-24-34(35(37)38)33-25-22-23-30-29-31(36-28-4-2)26-27-32(30)33/h22-23,25,31,34,36H,3-21,24,26-29H2,1-2H3,(H,37,38). The third-order valence-electron chi connectivity index (χ3n) is 8.72. The van der Waals surface area contributed by atoms with Crippen LogP contribution in [0.3, 0.4) is 0 Å². The van der Waals surface area contributed by atoms with E-state index >= 15 is 0 Å². The second kappa shape index (κ2) is 21.5. The van der Waals surface area contributed by atoms with Crippen LogP contribution in [0.5, 0.6) is 0 Å². The van der Waals surface area contributed by atoms with E-state index in [1.54, 1.807) is 0 Å². The largest absolute Gasteiger partial charge is 0.481 e. The predicted octanol–water partition coefficient (Wildman–Crippen LogP) is 10.1. The molecular weight excluding hydrogens is 466 g/mol. The summed E-state index contributed by atoms with van der Waals surface area (Å²) in [6, 6.07) is 6.93. The highest BCUT2D eigenvalue weighted by molar-refractivity contribution is 5.77. The lowest BCUT2D eigenvalue weighted by Crippen LogP contribution is -2.35. The van der Waals surface area contributed by atoms with Crippen LogP contribution in [-0.4, -0.2) is 23.7 Å². The van der Waals surface area contributed by atoms with Crippen molar-refractivity contribution in [3.63, 3.8) is 0 Å². The number of hydrogen-bond donors (Lipinski definition) is 2. The van der Waals surface area contributed by atoms with Crippen molar-refractivity contribution < 1.29 is 9.90 Å². The van der Waals surface area contributed by atoms with Crippen molar-refractivity contribution in [3.8, 4) is 0 Å². The third kappa shape index (κ3) is 13.6. The number of carbonyl (C=O) groups is 1. The number of unbranched alkanes of at least 4 members (excludes halogenated alkanes) is 17. The quantitative estimate of drug-likeness (QED) is 0.131. The van der Waals surface area contributed by atoms with Crippen LogP contribution in [-0.2, 0) is 17.6 Å². The predicted molar refractivity (Wildman–Crippen MR) is 164 cm³/mol. The number of nitrogens with one attached hydrogen (secondary N) is 1. The SMILES string of the molecule is CCCCCCCCCCCCCCCCCCCCC(C(=O)O)c1cccc2c1CCC(NCCC)C2. The molecule has 2 N–H and O–H groups in total. The van der Waals surface area contributed by atoms with Crippen molar-refractivity contribution in [2.24, 2.45) is 0 Å². The van der Waals surface area contributed by atoms with E-state index in [1.165, 1.54) is 120 Å². The molecule has 0 spiro atoms. The van der Waals surface area contributed by atoms with Crippen LogP contribution in [0.4, 0.5) is 0 Å². The summed E-state index contributed by atoms with van der Waals surface area (Å²) in [5, 5.41) is 13.7. The Morgan fingerprint density at radius 3 is 1.82 bits per heavy atom. The van der Waals surface area contributed by atoms with Crippen LogP contribution < -0.4 is 5.32 Å². The van der Waals surface area contributed by atoms with Crippen molar-refractivity contribution >= 4 is 5.97 Å². The maximum atomic E-state index is 12.2. The Morgan fingerprint density at radius 2 is 1.32 bits per heavy atom. The monoisotopic (exact) mass is 527 g/mol. The molecule has 0 fully saturated rings. The van der Waals surface area contributed by atoms with Crippen molar-refractivity contribution in [3.05, 3.63) is 34.9 Å². The average molecular weight is 528 g/mol. The van der Waals surface area contributed by atoms with Gasteiger partial charge in [0.1, 0.15) is 0 Å². The Labute approximate surface area is 236 Å². The maximum Gasteiger partial charge on any atom is 0.310 e. The van der Waals surface area contributed by atoms with E-state index in [1.807, 2.05) is 0 Å². The first kappa shape index (κ1) is 32.9. The van der Waals surface area contributed by atoms with Gasteiger partial charge in [-0.05, 0) is 55.3 Å². The summed E-state index contributed by atoms with van der Waals surface area (Å²) >= 11 is 0. The Balaban J connectivity index is 1.51. The number of carboxylic acids is 1. The molecular formula is C35H61NO2. The van der Waals surface area contributed by atoms with Crippen LogP contribution in [0.1, 0.15) is 171 Å². The average Bonchev–Trinajstić information content (AvgIpc) is 2.92. The highest BCUT2D eigenvalue weighted by Crippen LogP contribution is 2.32. The molecule has 1 aromatic rings. The molecule has 0 amide bonds. The summed E-state index contributed by atoms with van der Waals surface area (Å²) in [7, 11) is 0. The highest BCUT2D eigenvalue weighted by Gasteiger charge is 2.26. The van der Waals surface area contributed by atoms with Gasteiger partial charge in [-0.3, -0.25) is 4.79 Å². The molecule has 1 aromatic carbocycles. The van der Waals surface area contributed by atoms with Gasteiger partial charge in [-0.15, -0.1) is 0 Å². The van der Waals surface area contributed by atoms with E-state index in [2.05, 4.69) is 37.4 Å². The zero-order valence-electron chi connectivity index (χ0n) is 25.2. The lowest BCUT2D eigenvalue weighted by molar-refractivity contribution is -0.139. The van der Waals surface area contributed by atoms with Crippen molar-refractivity contribution in [1.82, 2.24) is 5.32 Å². The molecule has 0 radical (unpaired) electrons. The Kier molecular flexibility index (Phi) is 18.6. The fourth-order valence-corrected chi connectivity index (χ4v) is 6.35. The molecule has 0 heterocycles. The number of rotatable bonds is 24. The van der Waals surface area contributed by atoms with Crippen LogP contribution in [0.15, 0.2) is 18.2 Å². The van der Waals surface area contributed by atoms with Crippen molar-refractivity contribution in [2.45, 2.75) is 173 Å². The van der Waals surface area contributed by atoms with E-state index in [4.69, 9.17) is 0 Å². The Hall–Kier alpha value is -1.35. The van der Waals surface area contributed by atoms with E-state index in [-0.39, 0.29) is 5.92 Å². The van der Waals surface area contributed by atoms with Gasteiger partial charge in [0.25, 0.3) is 0 Å². The van der Waals surface area contributed by atoms with Crippen LogP contribution >= 0.6 is 0 Å². The minimum atomic E-state index is -0.642. The Morgan fingerprint density at radius 1 is 0.789 bits per heavy atom. The second-order valence-corrected chi connectivity index (χ2v) is 12.1. The number of hydrogen-bond acceptors (Lipinski definition) is 2. The summed E-state index contributed by atoms with van der Waals surface area (Å²) in [4.78, 5) is 12.2. The zero-order valence-corrected chi connectivity index (χ0v) is 25.2. The van der Waals surface area contributed by atoms with E-state index in [0.717, 1.165) is 50.6 Å². The molecule has 3 nitrogen and oxygen atoms in total. The number of aliphatic carboxylic acids is 1. The van der Waals surface area contributed by atoms with E-state index < -0.39 is 5.97 Å². The van der Waals surface area contributed by atoms with E-state index in [0.29, 0.717) is 6.04 Å². The number of benzene rings is 1. The summed E-state index contributed by atoms with van der Waals surface area (Å²) in [5.74, 6) is -0.984. The smallest absolute Gasteiger partial charge is 0.310 e. The van der Waals surface area contributed by atoms with Gasteiger partial charge in [-0.1, -0.05) is 148 Å². The first-order valence-corrected chi connectivity index (χ1v) is 16.7. The molecule has 0 saturated carbocycles. The van der Waals surface area contributed by atoms with Gasteiger partial charge in [0.2, 0.25) is 0 Å². The molecule has 3 heteroatoms. The second-order valence-electron chi connectivity index (χ2n) is 12.1. The molecule has 0 bridgehead atoms. The Bertz CT molecular complexity index is 731. The molecule has 38 heavy (non-hydrogen) atoms. The fraction of sp³-hybridized carbons (Fsp3) is 0.800. The highest BCUT2D eigenvalue weighted by atomic mass is 16.4. The van der Waals surface area contributed by atoms with Crippen LogP contribution in [0.25, 0.3) is 0 Å². The minimum Gasteiger partial charge on any atom is -0.481 e. The van der Waals surface area contributed by atoms with Gasteiger partial charge >= 0.3 is 5.97 Å². The van der Waals surface area contributed by atoms with Gasteiger partial charge in [-0.25, -0.2) is 0 Å². The molecule has 1 aliphatic carbocycles. The normalized spacial score (nSPS) is 15.9. The van der Waals surface area contributed by atoms with Crippen molar-refractivity contribution in [1.29, 1.82) is 0 Å². The number of fused-ring (bicyclic) bond motifs is 1. The summed E-state index contributed by atoms with van der Waals surface area (Å²) in [6.45, 7) is 5.56. The molecule has 2 unspecified atom stereocenters. The van der Waals surface area contributed by atoms with Crippen LogP contribution in [0, 0.1) is 0 Å². The molecule has 2 atom stereocenters. The zero-order chi connectivity index (χ0) is 27.3. The third-order valence-corrected chi connectivity index (χ3v) is 8.72.